The summed E-state index contributed by atoms with van der Waals surface area (Å²) >= 11 is 7.52. The van der Waals surface area contributed by atoms with E-state index in [0.29, 0.717) is 10.7 Å². The van der Waals surface area contributed by atoms with Crippen LogP contribution in [0.4, 0.5) is 0 Å². The first-order chi connectivity index (χ1) is 9.69. The maximum Gasteiger partial charge on any atom is 0.337 e. The van der Waals surface area contributed by atoms with E-state index in [1.165, 1.54) is 12.7 Å². The average molecular weight is 308 g/mol. The fourth-order valence-electron chi connectivity index (χ4n) is 1.63. The SMILES string of the molecule is COC(=O)c1ccc(CSCc2ccc(Cl)nc2)cc1. The molecule has 2 aromatic rings. The molecule has 0 N–H and O–H groups in total. The molecule has 0 fully saturated rings. The van der Waals surface area contributed by atoms with Crippen LogP contribution in [0.25, 0.3) is 0 Å². The number of esters is 1. The van der Waals surface area contributed by atoms with Gasteiger partial charge in [0.15, 0.2) is 0 Å². The molecule has 0 aliphatic heterocycles. The minimum absolute atomic E-state index is 0.309. The maximum atomic E-state index is 11.3. The molecule has 0 amide bonds. The van der Waals surface area contributed by atoms with E-state index in [0.717, 1.165) is 17.1 Å². The lowest BCUT2D eigenvalue weighted by Gasteiger charge is -2.04. The van der Waals surface area contributed by atoms with Gasteiger partial charge in [-0.05, 0) is 29.3 Å². The fourth-order valence-corrected chi connectivity index (χ4v) is 2.68. The van der Waals surface area contributed by atoms with Crippen LogP contribution in [0.3, 0.4) is 0 Å². The van der Waals surface area contributed by atoms with Crippen molar-refractivity contribution < 1.29 is 9.53 Å². The van der Waals surface area contributed by atoms with E-state index < -0.39 is 0 Å². The number of aromatic nitrogens is 1. The van der Waals surface area contributed by atoms with Gasteiger partial charge in [0, 0.05) is 17.7 Å². The predicted octanol–water partition coefficient (Wildman–Crippen LogP) is 3.96. The zero-order valence-corrected chi connectivity index (χ0v) is 12.6. The quantitative estimate of drug-likeness (QED) is 0.619. The molecule has 0 unspecified atom stereocenters. The number of carbonyl (C=O) groups is 1. The molecule has 0 atom stereocenters. The van der Waals surface area contributed by atoms with Gasteiger partial charge in [0.25, 0.3) is 0 Å². The Morgan fingerprint density at radius 2 is 1.80 bits per heavy atom. The molecule has 0 bridgehead atoms. The summed E-state index contributed by atoms with van der Waals surface area (Å²) < 4.78 is 4.66. The zero-order valence-electron chi connectivity index (χ0n) is 11.0. The van der Waals surface area contributed by atoms with Crippen LogP contribution in [0.1, 0.15) is 21.5 Å². The molecule has 0 saturated carbocycles. The Balaban J connectivity index is 1.85. The standard InChI is InChI=1S/C15H14ClNO2S/c1-19-15(18)13-5-2-11(3-6-13)9-20-10-12-4-7-14(16)17-8-12/h2-8H,9-10H2,1H3. The number of ether oxygens (including phenoxy) is 1. The van der Waals surface area contributed by atoms with Gasteiger partial charge in [-0.1, -0.05) is 29.8 Å². The molecule has 20 heavy (non-hydrogen) atoms. The highest BCUT2D eigenvalue weighted by Gasteiger charge is 2.04. The summed E-state index contributed by atoms with van der Waals surface area (Å²) in [7, 11) is 1.38. The number of rotatable bonds is 5. The monoisotopic (exact) mass is 307 g/mol. The van der Waals surface area contributed by atoms with Gasteiger partial charge in [-0.3, -0.25) is 0 Å². The normalized spacial score (nSPS) is 10.3. The van der Waals surface area contributed by atoms with Crippen LogP contribution in [0.15, 0.2) is 42.6 Å². The number of carbonyl (C=O) groups excluding carboxylic acids is 1. The van der Waals surface area contributed by atoms with Gasteiger partial charge < -0.3 is 4.74 Å². The molecule has 3 nitrogen and oxygen atoms in total. The summed E-state index contributed by atoms with van der Waals surface area (Å²) in [4.78, 5) is 15.4. The highest BCUT2D eigenvalue weighted by molar-refractivity contribution is 7.97. The van der Waals surface area contributed by atoms with Gasteiger partial charge in [-0.15, -0.1) is 0 Å². The molecule has 0 radical (unpaired) electrons. The van der Waals surface area contributed by atoms with Crippen LogP contribution in [0, 0.1) is 0 Å². The minimum Gasteiger partial charge on any atom is -0.465 e. The summed E-state index contributed by atoms with van der Waals surface area (Å²) in [5.41, 5.74) is 2.89. The van der Waals surface area contributed by atoms with Crippen LogP contribution in [0.2, 0.25) is 5.15 Å². The highest BCUT2D eigenvalue weighted by Crippen LogP contribution is 2.18. The van der Waals surface area contributed by atoms with Crippen molar-refractivity contribution in [1.29, 1.82) is 0 Å². The molecular weight excluding hydrogens is 294 g/mol. The van der Waals surface area contributed by atoms with Crippen molar-refractivity contribution in [3.05, 3.63) is 64.4 Å². The number of hydrogen-bond acceptors (Lipinski definition) is 4. The third-order valence-electron chi connectivity index (χ3n) is 2.70. The second-order valence-corrected chi connectivity index (χ2v) is 5.54. The summed E-state index contributed by atoms with van der Waals surface area (Å²) in [5, 5.41) is 0.511. The number of benzene rings is 1. The second-order valence-electron chi connectivity index (χ2n) is 4.17. The van der Waals surface area contributed by atoms with E-state index in [9.17, 15) is 4.79 Å². The van der Waals surface area contributed by atoms with Crippen LogP contribution in [-0.2, 0) is 16.2 Å². The van der Waals surface area contributed by atoms with E-state index >= 15 is 0 Å². The number of hydrogen-bond donors (Lipinski definition) is 0. The number of nitrogens with zero attached hydrogens (tertiary/aromatic N) is 1. The Labute approximate surface area is 127 Å². The fraction of sp³-hybridized carbons (Fsp3) is 0.200. The summed E-state index contributed by atoms with van der Waals surface area (Å²) in [6, 6.07) is 11.2. The van der Waals surface area contributed by atoms with Crippen molar-refractivity contribution >= 4 is 29.3 Å². The van der Waals surface area contributed by atoms with Gasteiger partial charge in [-0.25, -0.2) is 9.78 Å². The number of methoxy groups -OCH3 is 1. The van der Waals surface area contributed by atoms with Crippen molar-refractivity contribution in [3.8, 4) is 0 Å². The molecule has 0 aliphatic rings. The van der Waals surface area contributed by atoms with Gasteiger partial charge >= 0.3 is 5.97 Å². The summed E-state index contributed by atoms with van der Waals surface area (Å²) in [5.74, 6) is 1.45. The summed E-state index contributed by atoms with van der Waals surface area (Å²) in [6.07, 6.45) is 1.79. The molecule has 1 heterocycles. The largest absolute Gasteiger partial charge is 0.465 e. The number of halogens is 1. The maximum absolute atomic E-state index is 11.3. The molecule has 1 aromatic heterocycles. The summed E-state index contributed by atoms with van der Waals surface area (Å²) in [6.45, 7) is 0. The minimum atomic E-state index is -0.309. The Kier molecular flexibility index (Phi) is 5.44. The third-order valence-corrected chi connectivity index (χ3v) is 4.00. The van der Waals surface area contributed by atoms with Crippen LogP contribution < -0.4 is 0 Å². The van der Waals surface area contributed by atoms with Crippen molar-refractivity contribution in [2.24, 2.45) is 0 Å². The highest BCUT2D eigenvalue weighted by atomic mass is 35.5. The molecule has 0 saturated heterocycles. The first-order valence-corrected chi connectivity index (χ1v) is 7.58. The van der Waals surface area contributed by atoms with Crippen molar-refractivity contribution in [2.75, 3.05) is 7.11 Å². The van der Waals surface area contributed by atoms with E-state index in [1.807, 2.05) is 18.2 Å². The van der Waals surface area contributed by atoms with Crippen LogP contribution in [0.5, 0.6) is 0 Å². The van der Waals surface area contributed by atoms with Crippen molar-refractivity contribution in [3.63, 3.8) is 0 Å². The smallest absolute Gasteiger partial charge is 0.337 e. The Morgan fingerprint density at radius 1 is 1.15 bits per heavy atom. The molecule has 104 valence electrons. The van der Waals surface area contributed by atoms with Gasteiger partial charge in [0.05, 0.1) is 12.7 Å². The van der Waals surface area contributed by atoms with Crippen molar-refractivity contribution in [2.45, 2.75) is 11.5 Å². The van der Waals surface area contributed by atoms with E-state index in [1.54, 1.807) is 36.2 Å². The average Bonchev–Trinajstić information content (AvgIpc) is 2.49. The van der Waals surface area contributed by atoms with Gasteiger partial charge in [-0.2, -0.15) is 11.8 Å². The van der Waals surface area contributed by atoms with Crippen LogP contribution in [-0.4, -0.2) is 18.1 Å². The second kappa shape index (κ2) is 7.31. The predicted molar refractivity (Wildman–Crippen MR) is 82.0 cm³/mol. The Morgan fingerprint density at radius 3 is 2.40 bits per heavy atom. The molecule has 0 spiro atoms. The third kappa shape index (κ3) is 4.25. The van der Waals surface area contributed by atoms with Crippen molar-refractivity contribution in [1.82, 2.24) is 4.98 Å². The van der Waals surface area contributed by atoms with E-state index in [4.69, 9.17) is 11.6 Å². The zero-order chi connectivity index (χ0) is 14.4. The van der Waals surface area contributed by atoms with Crippen LogP contribution >= 0.6 is 23.4 Å². The lowest BCUT2D eigenvalue weighted by molar-refractivity contribution is 0.0600. The lowest BCUT2D eigenvalue weighted by atomic mass is 10.1. The topological polar surface area (TPSA) is 39.2 Å². The molecule has 5 heteroatoms. The Hall–Kier alpha value is -1.52. The number of pyridine rings is 1. The molecule has 0 aliphatic carbocycles. The van der Waals surface area contributed by atoms with E-state index in [2.05, 4.69) is 9.72 Å². The Bertz CT molecular complexity index is 569. The van der Waals surface area contributed by atoms with Gasteiger partial charge in [0.2, 0.25) is 0 Å². The first kappa shape index (κ1) is 14.9. The van der Waals surface area contributed by atoms with E-state index in [-0.39, 0.29) is 5.97 Å². The molecular formula is C15H14ClNO2S. The van der Waals surface area contributed by atoms with Gasteiger partial charge in [0.1, 0.15) is 5.15 Å². The first-order valence-electron chi connectivity index (χ1n) is 6.04. The number of thioether (sulfide) groups is 1. The molecule has 1 aromatic carbocycles. The molecule has 2 rings (SSSR count). The lowest BCUT2D eigenvalue weighted by Crippen LogP contribution is -2.00.